The fourth-order valence-corrected chi connectivity index (χ4v) is 3.28. The van der Waals surface area contributed by atoms with Crippen molar-refractivity contribution in [2.45, 2.75) is 26.8 Å². The quantitative estimate of drug-likeness (QED) is 0.386. The molecule has 0 aliphatic carbocycles. The highest BCUT2D eigenvalue weighted by atomic mass is 16.5. The van der Waals surface area contributed by atoms with Crippen LogP contribution in [0.4, 0.5) is 0 Å². The molecule has 5 heteroatoms. The minimum absolute atomic E-state index is 0.0682. The second-order valence-electron chi connectivity index (χ2n) is 6.16. The molecule has 0 amide bonds. The number of ether oxygens (including phenoxy) is 1. The van der Waals surface area contributed by atoms with Gasteiger partial charge in [0.25, 0.3) is 0 Å². The molecule has 116 valence electrons. The number of rotatable bonds is 4. The molecule has 5 nitrogen and oxygen atoms in total. The van der Waals surface area contributed by atoms with Crippen LogP contribution in [0.1, 0.15) is 31.4 Å². The van der Waals surface area contributed by atoms with Gasteiger partial charge in [0.1, 0.15) is 5.75 Å². The molecule has 0 radical (unpaired) electrons. The summed E-state index contributed by atoms with van der Waals surface area (Å²) in [6.45, 7) is 7.79. The standard InChI is InChI=1S/C16H25N3O2/c1-11-6-12(2)9-19(8-11)10-13-4-5-14(16(17)18-20)15(7-13)21-3/h4-5,7,11-12,20H,6,8-10H2,1-3H3,(H2,17,18). The largest absolute Gasteiger partial charge is 0.496 e. The number of hydrogen-bond acceptors (Lipinski definition) is 4. The monoisotopic (exact) mass is 291 g/mol. The summed E-state index contributed by atoms with van der Waals surface area (Å²) in [6.07, 6.45) is 1.31. The first kappa shape index (κ1) is 15.6. The number of nitrogens with two attached hydrogens (primary N) is 1. The molecule has 0 saturated carbocycles. The van der Waals surface area contributed by atoms with E-state index in [1.807, 2.05) is 18.2 Å². The minimum Gasteiger partial charge on any atom is -0.496 e. The highest BCUT2D eigenvalue weighted by molar-refractivity contribution is 5.99. The first-order valence-corrected chi connectivity index (χ1v) is 7.40. The molecular formula is C16H25N3O2. The predicted molar refractivity (Wildman–Crippen MR) is 83.7 cm³/mol. The second-order valence-corrected chi connectivity index (χ2v) is 6.16. The van der Waals surface area contributed by atoms with Crippen LogP contribution in [0.2, 0.25) is 0 Å². The Bertz CT molecular complexity index is 506. The van der Waals surface area contributed by atoms with Crippen LogP contribution in [0.3, 0.4) is 0 Å². The molecule has 1 fully saturated rings. The van der Waals surface area contributed by atoms with Crippen LogP contribution < -0.4 is 10.5 Å². The lowest BCUT2D eigenvalue weighted by molar-refractivity contribution is 0.134. The molecule has 0 spiro atoms. The Morgan fingerprint density at radius 3 is 2.62 bits per heavy atom. The van der Waals surface area contributed by atoms with E-state index in [-0.39, 0.29) is 5.84 Å². The fourth-order valence-electron chi connectivity index (χ4n) is 3.28. The third-order valence-corrected chi connectivity index (χ3v) is 4.00. The summed E-state index contributed by atoms with van der Waals surface area (Å²) in [5.41, 5.74) is 7.45. The second kappa shape index (κ2) is 6.80. The maximum Gasteiger partial charge on any atom is 0.173 e. The van der Waals surface area contributed by atoms with Crippen molar-refractivity contribution < 1.29 is 9.94 Å². The highest BCUT2D eigenvalue weighted by Crippen LogP contribution is 2.25. The third kappa shape index (κ3) is 3.88. The van der Waals surface area contributed by atoms with Crippen LogP contribution in [-0.4, -0.2) is 36.1 Å². The van der Waals surface area contributed by atoms with Gasteiger partial charge in [-0.1, -0.05) is 25.1 Å². The predicted octanol–water partition coefficient (Wildman–Crippen LogP) is 2.27. The molecule has 21 heavy (non-hydrogen) atoms. The van der Waals surface area contributed by atoms with E-state index in [2.05, 4.69) is 23.9 Å². The zero-order valence-electron chi connectivity index (χ0n) is 13.0. The number of likely N-dealkylation sites (tertiary alicyclic amines) is 1. The lowest BCUT2D eigenvalue weighted by Crippen LogP contribution is -2.38. The van der Waals surface area contributed by atoms with Gasteiger partial charge >= 0.3 is 0 Å². The zero-order valence-corrected chi connectivity index (χ0v) is 13.0. The Kier molecular flexibility index (Phi) is 5.07. The van der Waals surface area contributed by atoms with Crippen molar-refractivity contribution in [1.29, 1.82) is 0 Å². The van der Waals surface area contributed by atoms with Gasteiger partial charge in [-0.25, -0.2) is 0 Å². The molecule has 1 saturated heterocycles. The van der Waals surface area contributed by atoms with Gasteiger partial charge in [0, 0.05) is 19.6 Å². The first-order chi connectivity index (χ1) is 10.0. The molecule has 1 aromatic rings. The van der Waals surface area contributed by atoms with Gasteiger partial charge in [-0.3, -0.25) is 4.90 Å². The Morgan fingerprint density at radius 1 is 1.38 bits per heavy atom. The number of piperidine rings is 1. The van der Waals surface area contributed by atoms with Crippen LogP contribution in [0, 0.1) is 11.8 Å². The molecular weight excluding hydrogens is 266 g/mol. The normalized spacial score (nSPS) is 24.0. The number of methoxy groups -OCH3 is 1. The lowest BCUT2D eigenvalue weighted by atomic mass is 9.91. The van der Waals surface area contributed by atoms with Crippen LogP contribution in [0.15, 0.2) is 23.4 Å². The molecule has 1 heterocycles. The minimum atomic E-state index is 0.0682. The van der Waals surface area contributed by atoms with Gasteiger partial charge in [0.2, 0.25) is 0 Å². The van der Waals surface area contributed by atoms with E-state index < -0.39 is 0 Å². The van der Waals surface area contributed by atoms with E-state index in [0.717, 1.165) is 31.5 Å². The fraction of sp³-hybridized carbons (Fsp3) is 0.562. The zero-order chi connectivity index (χ0) is 15.4. The number of oxime groups is 1. The van der Waals surface area contributed by atoms with E-state index in [1.165, 1.54) is 12.0 Å². The summed E-state index contributed by atoms with van der Waals surface area (Å²) in [7, 11) is 1.60. The first-order valence-electron chi connectivity index (χ1n) is 7.40. The lowest BCUT2D eigenvalue weighted by Gasteiger charge is -2.35. The van der Waals surface area contributed by atoms with Gasteiger partial charge in [-0.05, 0) is 36.0 Å². The van der Waals surface area contributed by atoms with Gasteiger partial charge in [0.05, 0.1) is 12.7 Å². The Labute approximate surface area is 126 Å². The number of benzene rings is 1. The Balaban J connectivity index is 2.14. The molecule has 2 unspecified atom stereocenters. The number of hydrogen-bond donors (Lipinski definition) is 2. The van der Waals surface area contributed by atoms with Crippen molar-refractivity contribution in [2.75, 3.05) is 20.2 Å². The van der Waals surface area contributed by atoms with E-state index in [0.29, 0.717) is 11.3 Å². The topological polar surface area (TPSA) is 71.1 Å². The summed E-state index contributed by atoms with van der Waals surface area (Å²) in [5.74, 6) is 2.19. The molecule has 3 N–H and O–H groups in total. The Morgan fingerprint density at radius 2 is 2.05 bits per heavy atom. The number of amidine groups is 1. The SMILES string of the molecule is COc1cc(CN2CC(C)CC(C)C2)ccc1/C(N)=N/O. The molecule has 2 atom stereocenters. The molecule has 1 aliphatic rings. The van der Waals surface area contributed by atoms with Crippen LogP contribution in [-0.2, 0) is 6.54 Å². The molecule has 1 aromatic carbocycles. The molecule has 1 aliphatic heterocycles. The van der Waals surface area contributed by atoms with E-state index in [4.69, 9.17) is 15.7 Å². The summed E-state index contributed by atoms with van der Waals surface area (Å²) < 4.78 is 5.35. The van der Waals surface area contributed by atoms with Crippen molar-refractivity contribution in [3.63, 3.8) is 0 Å². The van der Waals surface area contributed by atoms with E-state index in [9.17, 15) is 0 Å². The summed E-state index contributed by atoms with van der Waals surface area (Å²) in [6, 6.07) is 5.83. The maximum atomic E-state index is 8.80. The van der Waals surface area contributed by atoms with Crippen LogP contribution >= 0.6 is 0 Å². The Hall–Kier alpha value is -1.75. The maximum absolute atomic E-state index is 8.80. The van der Waals surface area contributed by atoms with E-state index >= 15 is 0 Å². The van der Waals surface area contributed by atoms with E-state index in [1.54, 1.807) is 7.11 Å². The van der Waals surface area contributed by atoms with Crippen LogP contribution in [0.25, 0.3) is 0 Å². The van der Waals surface area contributed by atoms with Crippen molar-refractivity contribution >= 4 is 5.84 Å². The van der Waals surface area contributed by atoms with Crippen molar-refractivity contribution in [1.82, 2.24) is 4.90 Å². The summed E-state index contributed by atoms with van der Waals surface area (Å²) in [5, 5.41) is 11.8. The average Bonchev–Trinajstić information content (AvgIpc) is 2.45. The summed E-state index contributed by atoms with van der Waals surface area (Å²) in [4.78, 5) is 2.48. The third-order valence-electron chi connectivity index (χ3n) is 4.00. The summed E-state index contributed by atoms with van der Waals surface area (Å²) >= 11 is 0. The smallest absolute Gasteiger partial charge is 0.173 e. The van der Waals surface area contributed by atoms with Gasteiger partial charge < -0.3 is 15.7 Å². The van der Waals surface area contributed by atoms with Gasteiger partial charge in [-0.15, -0.1) is 0 Å². The molecule has 0 bridgehead atoms. The van der Waals surface area contributed by atoms with Gasteiger partial charge in [-0.2, -0.15) is 0 Å². The highest BCUT2D eigenvalue weighted by Gasteiger charge is 2.22. The number of nitrogens with zero attached hydrogens (tertiary/aromatic N) is 2. The average molecular weight is 291 g/mol. The molecule has 0 aromatic heterocycles. The van der Waals surface area contributed by atoms with Crippen molar-refractivity contribution in [3.8, 4) is 5.75 Å². The van der Waals surface area contributed by atoms with Crippen molar-refractivity contribution in [2.24, 2.45) is 22.7 Å². The molecule has 2 rings (SSSR count). The van der Waals surface area contributed by atoms with Crippen molar-refractivity contribution in [3.05, 3.63) is 29.3 Å². The van der Waals surface area contributed by atoms with Gasteiger partial charge in [0.15, 0.2) is 5.84 Å². The van der Waals surface area contributed by atoms with Crippen LogP contribution in [0.5, 0.6) is 5.75 Å².